The molecule has 0 aromatic heterocycles. The Morgan fingerprint density at radius 1 is 0.854 bits per heavy atom. The minimum atomic E-state index is 0.200. The lowest BCUT2D eigenvalue weighted by atomic mass is 9.93. The van der Waals surface area contributed by atoms with Gasteiger partial charge >= 0.3 is 0 Å². The number of aliphatic imine (C=N–C) groups is 1. The highest BCUT2D eigenvalue weighted by Gasteiger charge is 2.15. The molecule has 0 unspecified atom stereocenters. The van der Waals surface area contributed by atoms with Crippen molar-refractivity contribution in [1.82, 2.24) is 0 Å². The second-order valence-electron chi connectivity index (χ2n) is 8.60. The molecule has 0 atom stereocenters. The molecule has 0 saturated carbocycles. The van der Waals surface area contributed by atoms with Gasteiger partial charge in [0.05, 0.1) is 15.8 Å². The number of aryl methyl sites for hydroxylation is 1. The molecule has 4 rings (SSSR count). The third-order valence-corrected chi connectivity index (χ3v) is 7.25. The quantitative estimate of drug-likeness (QED) is 0.0443. The molecule has 0 fully saturated rings. The third-order valence-electron chi connectivity index (χ3n) is 5.82. The molecule has 0 saturated heterocycles. The SMILES string of the molecule is Cc1cc(CN=[N+]=[N-])cc(-c2cccc(-c3cc(N=[N+]=[N-])cc(N=[N+]=[N-])c3)c2N=Cc2cc(I)cc(I)c2ON)c1. The fourth-order valence-corrected chi connectivity index (χ4v) is 6.29. The van der Waals surface area contributed by atoms with E-state index in [4.69, 9.17) is 32.3 Å². The fourth-order valence-electron chi connectivity index (χ4n) is 4.27. The summed E-state index contributed by atoms with van der Waals surface area (Å²) in [4.78, 5) is 18.8. The minimum absolute atomic E-state index is 0.200. The van der Waals surface area contributed by atoms with Gasteiger partial charge in [0, 0.05) is 52.6 Å². The van der Waals surface area contributed by atoms with E-state index in [1.54, 1.807) is 18.3 Å². The molecule has 202 valence electrons. The van der Waals surface area contributed by atoms with Crippen LogP contribution in [-0.4, -0.2) is 6.21 Å². The third kappa shape index (κ3) is 7.27. The number of halogens is 2. The van der Waals surface area contributed by atoms with E-state index in [-0.39, 0.29) is 17.9 Å². The van der Waals surface area contributed by atoms with E-state index in [0.717, 1.165) is 29.4 Å². The Kier molecular flexibility index (Phi) is 10.0. The van der Waals surface area contributed by atoms with Gasteiger partial charge < -0.3 is 4.84 Å². The average Bonchev–Trinajstić information content (AvgIpc) is 2.94. The number of benzene rings is 4. The van der Waals surface area contributed by atoms with Gasteiger partial charge in [0.25, 0.3) is 0 Å². The highest BCUT2D eigenvalue weighted by Crippen LogP contribution is 2.42. The zero-order chi connectivity index (χ0) is 29.4. The van der Waals surface area contributed by atoms with Crippen molar-refractivity contribution in [2.24, 2.45) is 26.2 Å². The summed E-state index contributed by atoms with van der Waals surface area (Å²) in [6, 6.07) is 20.4. The number of hydrogen-bond donors (Lipinski definition) is 1. The Bertz CT molecular complexity index is 1780. The maximum atomic E-state index is 9.05. The van der Waals surface area contributed by atoms with Crippen LogP contribution in [0.15, 0.2) is 87.1 Å². The van der Waals surface area contributed by atoms with Crippen molar-refractivity contribution in [1.29, 1.82) is 0 Å². The summed E-state index contributed by atoms with van der Waals surface area (Å²) in [5, 5.41) is 11.2. The molecule has 0 aliphatic heterocycles. The molecule has 0 radical (unpaired) electrons. The first kappa shape index (κ1) is 29.7. The van der Waals surface area contributed by atoms with Gasteiger partial charge in [-0.1, -0.05) is 57.3 Å². The number of para-hydroxylation sites is 1. The van der Waals surface area contributed by atoms with Crippen LogP contribution in [0.3, 0.4) is 0 Å². The first-order chi connectivity index (χ1) is 19.9. The maximum absolute atomic E-state index is 9.05. The predicted octanol–water partition coefficient (Wildman–Crippen LogP) is 10.2. The molecule has 0 amide bonds. The molecule has 12 nitrogen and oxygen atoms in total. The number of nitrogens with two attached hydrogens (primary N) is 1. The second kappa shape index (κ2) is 13.9. The zero-order valence-electron chi connectivity index (χ0n) is 21.3. The minimum Gasteiger partial charge on any atom is -0.410 e. The maximum Gasteiger partial charge on any atom is 0.168 e. The lowest BCUT2D eigenvalue weighted by Gasteiger charge is -2.15. The van der Waals surface area contributed by atoms with Crippen LogP contribution in [0.4, 0.5) is 17.1 Å². The molecule has 41 heavy (non-hydrogen) atoms. The van der Waals surface area contributed by atoms with Gasteiger partial charge in [0.1, 0.15) is 0 Å². The standard InChI is InChI=1S/C27H19I2N11O/c1-15-5-16(13-35-38-30)7-17(6-15)23-3-2-4-24(18-9-21(36-39-31)12-22(10-18)37-40-32)26(23)34-14-19-8-20(28)11-25(29)27(19)41-33/h2-12,14H,13,33H2,1H3. The van der Waals surface area contributed by atoms with Crippen molar-refractivity contribution in [3.05, 3.63) is 122 Å². The van der Waals surface area contributed by atoms with Crippen molar-refractivity contribution in [3.63, 3.8) is 0 Å². The van der Waals surface area contributed by atoms with Gasteiger partial charge in [-0.3, -0.25) is 4.99 Å². The lowest BCUT2D eigenvalue weighted by molar-refractivity contribution is 0.331. The first-order valence-electron chi connectivity index (χ1n) is 11.8. The summed E-state index contributed by atoms with van der Waals surface area (Å²) in [5.41, 5.74) is 33.5. The number of nitrogens with zero attached hydrogens (tertiary/aromatic N) is 10. The normalized spacial score (nSPS) is 10.4. The molecule has 0 spiro atoms. The topological polar surface area (TPSA) is 194 Å². The van der Waals surface area contributed by atoms with Crippen LogP contribution in [0.25, 0.3) is 53.6 Å². The molecular formula is C27H19I2N11O. The van der Waals surface area contributed by atoms with Gasteiger partial charge in [-0.15, -0.1) is 0 Å². The Labute approximate surface area is 261 Å². The summed E-state index contributed by atoms with van der Waals surface area (Å²) in [6.07, 6.45) is 1.68. The van der Waals surface area contributed by atoms with E-state index in [1.165, 1.54) is 6.07 Å². The number of rotatable bonds is 9. The van der Waals surface area contributed by atoms with Gasteiger partial charge in [0.15, 0.2) is 5.75 Å². The molecule has 2 N–H and O–H groups in total. The smallest absolute Gasteiger partial charge is 0.168 e. The van der Waals surface area contributed by atoms with Crippen molar-refractivity contribution < 1.29 is 4.84 Å². The summed E-state index contributed by atoms with van der Waals surface area (Å²) < 4.78 is 1.81. The van der Waals surface area contributed by atoms with Crippen molar-refractivity contribution in [2.75, 3.05) is 0 Å². The van der Waals surface area contributed by atoms with Crippen LogP contribution >= 0.6 is 45.2 Å². The Morgan fingerprint density at radius 3 is 2.12 bits per heavy atom. The van der Waals surface area contributed by atoms with Crippen LogP contribution in [0.1, 0.15) is 16.7 Å². The van der Waals surface area contributed by atoms with Gasteiger partial charge in [0.2, 0.25) is 0 Å². The Hall–Kier alpha value is -4.30. The van der Waals surface area contributed by atoms with E-state index in [9.17, 15) is 0 Å². The van der Waals surface area contributed by atoms with Gasteiger partial charge in [-0.2, -0.15) is 5.90 Å². The van der Waals surface area contributed by atoms with Gasteiger partial charge in [-0.25, -0.2) is 0 Å². The molecule has 0 heterocycles. The second-order valence-corrected chi connectivity index (χ2v) is 11.0. The monoisotopic (exact) mass is 767 g/mol. The van der Waals surface area contributed by atoms with Crippen molar-refractivity contribution in [3.8, 4) is 28.0 Å². The summed E-state index contributed by atoms with van der Waals surface area (Å²) in [6.45, 7) is 2.16. The van der Waals surface area contributed by atoms with E-state index in [0.29, 0.717) is 28.1 Å². The van der Waals surface area contributed by atoms with Crippen LogP contribution in [0.5, 0.6) is 5.75 Å². The van der Waals surface area contributed by atoms with Crippen LogP contribution in [-0.2, 0) is 6.54 Å². The summed E-state index contributed by atoms with van der Waals surface area (Å²) in [5.74, 6) is 6.08. The van der Waals surface area contributed by atoms with Crippen molar-refractivity contribution in [2.45, 2.75) is 13.5 Å². The molecule has 0 bridgehead atoms. The summed E-state index contributed by atoms with van der Waals surface area (Å²) >= 11 is 4.37. The Morgan fingerprint density at radius 2 is 1.51 bits per heavy atom. The highest BCUT2D eigenvalue weighted by molar-refractivity contribution is 14.1. The molecule has 4 aromatic rings. The largest absolute Gasteiger partial charge is 0.410 e. The van der Waals surface area contributed by atoms with E-state index in [2.05, 4.69) is 75.3 Å². The molecule has 0 aliphatic carbocycles. The van der Waals surface area contributed by atoms with E-state index < -0.39 is 0 Å². The van der Waals surface area contributed by atoms with Crippen LogP contribution < -0.4 is 10.7 Å². The summed E-state index contributed by atoms with van der Waals surface area (Å²) in [7, 11) is 0. The molecule has 0 aliphatic rings. The van der Waals surface area contributed by atoms with E-state index >= 15 is 0 Å². The fraction of sp³-hybridized carbons (Fsp3) is 0.0741. The predicted molar refractivity (Wildman–Crippen MR) is 176 cm³/mol. The van der Waals surface area contributed by atoms with Crippen LogP contribution in [0.2, 0.25) is 0 Å². The zero-order valence-corrected chi connectivity index (χ0v) is 25.7. The first-order valence-corrected chi connectivity index (χ1v) is 13.9. The van der Waals surface area contributed by atoms with Crippen molar-refractivity contribution >= 4 is 68.5 Å². The average molecular weight is 767 g/mol. The Balaban J connectivity index is 2.03. The van der Waals surface area contributed by atoms with E-state index in [1.807, 2.05) is 55.5 Å². The highest BCUT2D eigenvalue weighted by atomic mass is 127. The van der Waals surface area contributed by atoms with Gasteiger partial charge in [-0.05, 0) is 116 Å². The number of azide groups is 3. The lowest BCUT2D eigenvalue weighted by Crippen LogP contribution is -2.06. The molecule has 14 heteroatoms. The molecular weight excluding hydrogens is 748 g/mol. The van der Waals surface area contributed by atoms with Crippen LogP contribution in [0, 0.1) is 14.1 Å². The molecule has 4 aromatic carbocycles. The number of hydrogen-bond acceptors (Lipinski definition) is 6.